The Kier molecular flexibility index (Phi) is 3.59. The molecule has 0 saturated heterocycles. The molecule has 2 aromatic rings. The van der Waals surface area contributed by atoms with E-state index in [1.807, 2.05) is 30.3 Å². The van der Waals surface area contributed by atoms with Crippen LogP contribution in [0.3, 0.4) is 0 Å². The Hall–Kier alpha value is -1.65. The molecule has 20 heavy (non-hydrogen) atoms. The summed E-state index contributed by atoms with van der Waals surface area (Å²) in [5, 5.41) is 13.2. The lowest BCUT2D eigenvalue weighted by Crippen LogP contribution is -2.16. The average molecular weight is 300 g/mol. The smallest absolute Gasteiger partial charge is 0.335 e. The van der Waals surface area contributed by atoms with Crippen molar-refractivity contribution in [2.45, 2.75) is 4.08 Å². The van der Waals surface area contributed by atoms with Crippen LogP contribution in [0.25, 0.3) is 0 Å². The highest BCUT2D eigenvalue weighted by Crippen LogP contribution is 2.56. The lowest BCUT2D eigenvalue weighted by atomic mass is 10.0. The molecule has 2 nitrogen and oxygen atoms in total. The maximum atomic E-state index is 11.0. The molecule has 1 heterocycles. The van der Waals surface area contributed by atoms with E-state index in [2.05, 4.69) is 22.9 Å². The zero-order valence-electron chi connectivity index (χ0n) is 10.5. The molecule has 0 spiro atoms. The number of hydrogen-bond donors (Lipinski definition) is 1. The van der Waals surface area contributed by atoms with E-state index in [9.17, 15) is 4.79 Å². The van der Waals surface area contributed by atoms with Gasteiger partial charge in [-0.3, -0.25) is 0 Å². The van der Waals surface area contributed by atoms with Gasteiger partial charge in [0.25, 0.3) is 0 Å². The van der Waals surface area contributed by atoms with Crippen molar-refractivity contribution in [3.05, 3.63) is 82.1 Å². The van der Waals surface area contributed by atoms with Crippen molar-refractivity contribution in [2.75, 3.05) is 0 Å². The number of hydrogen-bond acceptors (Lipinski definition) is 3. The van der Waals surface area contributed by atoms with Crippen molar-refractivity contribution in [1.29, 1.82) is 0 Å². The number of carbonyl (C=O) groups is 1. The Balaban J connectivity index is 2.05. The number of carboxylic acid groups (broad SMARTS) is 1. The van der Waals surface area contributed by atoms with E-state index in [1.54, 1.807) is 35.7 Å². The van der Waals surface area contributed by atoms with Crippen molar-refractivity contribution in [1.82, 2.24) is 0 Å². The monoisotopic (exact) mass is 300 g/mol. The first kappa shape index (κ1) is 13.3. The molecule has 1 aliphatic heterocycles. The standard InChI is InChI=1S/C16H12O2S2/c17-15(18)12-6-8-14(9-7-12)16(19-10-11-20-16)13-4-2-1-3-5-13/h1-11H,(H,17,18). The van der Waals surface area contributed by atoms with Crippen LogP contribution in [-0.2, 0) is 4.08 Å². The zero-order valence-corrected chi connectivity index (χ0v) is 12.2. The minimum atomic E-state index is -0.893. The average Bonchev–Trinajstić information content (AvgIpc) is 2.99. The minimum absolute atomic E-state index is 0.210. The Morgan fingerprint density at radius 1 is 0.850 bits per heavy atom. The third kappa shape index (κ3) is 2.25. The Labute approximate surface area is 125 Å². The second-order valence-electron chi connectivity index (χ2n) is 4.37. The third-order valence-electron chi connectivity index (χ3n) is 3.19. The van der Waals surface area contributed by atoms with E-state index < -0.39 is 5.97 Å². The van der Waals surface area contributed by atoms with Gasteiger partial charge in [-0.05, 0) is 34.1 Å². The van der Waals surface area contributed by atoms with Crippen LogP contribution in [0, 0.1) is 0 Å². The molecule has 0 saturated carbocycles. The van der Waals surface area contributed by atoms with Crippen LogP contribution in [0.1, 0.15) is 21.5 Å². The summed E-state index contributed by atoms with van der Waals surface area (Å²) in [6.07, 6.45) is 0. The number of rotatable bonds is 3. The van der Waals surface area contributed by atoms with Crippen molar-refractivity contribution in [3.8, 4) is 0 Å². The molecule has 1 N–H and O–H groups in total. The third-order valence-corrected chi connectivity index (χ3v) is 6.09. The van der Waals surface area contributed by atoms with Gasteiger partial charge < -0.3 is 5.11 Å². The SMILES string of the molecule is O=C(O)c1ccc(C2(c3ccccc3)SC=CS2)cc1. The molecular formula is C16H12O2S2. The number of thioether (sulfide) groups is 2. The lowest BCUT2D eigenvalue weighted by molar-refractivity contribution is 0.0697. The highest BCUT2D eigenvalue weighted by Gasteiger charge is 2.37. The van der Waals surface area contributed by atoms with Gasteiger partial charge in [0.1, 0.15) is 4.08 Å². The summed E-state index contributed by atoms with van der Waals surface area (Å²) in [5.74, 6) is -0.893. The van der Waals surface area contributed by atoms with Crippen molar-refractivity contribution >= 4 is 29.5 Å². The van der Waals surface area contributed by atoms with E-state index in [0.717, 1.165) is 5.56 Å². The van der Waals surface area contributed by atoms with Gasteiger partial charge in [-0.25, -0.2) is 4.79 Å². The van der Waals surface area contributed by atoms with Crippen LogP contribution >= 0.6 is 23.5 Å². The van der Waals surface area contributed by atoms with Gasteiger partial charge in [0.05, 0.1) is 5.56 Å². The second kappa shape index (κ2) is 5.38. The Morgan fingerprint density at radius 3 is 1.95 bits per heavy atom. The maximum absolute atomic E-state index is 11.0. The molecule has 2 aromatic carbocycles. The normalized spacial score (nSPS) is 16.2. The largest absolute Gasteiger partial charge is 0.478 e. The summed E-state index contributed by atoms with van der Waals surface area (Å²) in [6, 6.07) is 17.4. The fourth-order valence-electron chi connectivity index (χ4n) is 2.20. The topological polar surface area (TPSA) is 37.3 Å². The van der Waals surface area contributed by atoms with E-state index in [4.69, 9.17) is 5.11 Å². The van der Waals surface area contributed by atoms with Crippen LogP contribution < -0.4 is 0 Å². The van der Waals surface area contributed by atoms with Crippen LogP contribution in [0.4, 0.5) is 0 Å². The molecule has 0 atom stereocenters. The van der Waals surface area contributed by atoms with Crippen LogP contribution in [0.5, 0.6) is 0 Å². The summed E-state index contributed by atoms with van der Waals surface area (Å²) >= 11 is 3.49. The first-order chi connectivity index (χ1) is 9.72. The summed E-state index contributed by atoms with van der Waals surface area (Å²) in [5.41, 5.74) is 2.63. The minimum Gasteiger partial charge on any atom is -0.478 e. The summed E-state index contributed by atoms with van der Waals surface area (Å²) < 4.78 is -0.210. The van der Waals surface area contributed by atoms with Gasteiger partial charge in [0, 0.05) is 0 Å². The van der Waals surface area contributed by atoms with E-state index in [0.29, 0.717) is 5.56 Å². The number of aromatic carboxylic acids is 1. The molecule has 0 aromatic heterocycles. The van der Waals surface area contributed by atoms with E-state index in [-0.39, 0.29) is 4.08 Å². The number of carboxylic acids is 1. The first-order valence-corrected chi connectivity index (χ1v) is 7.88. The first-order valence-electron chi connectivity index (χ1n) is 6.12. The van der Waals surface area contributed by atoms with Gasteiger partial charge in [-0.2, -0.15) is 0 Å². The quantitative estimate of drug-likeness (QED) is 0.903. The van der Waals surface area contributed by atoms with Gasteiger partial charge in [-0.15, -0.1) is 23.5 Å². The fraction of sp³-hybridized carbons (Fsp3) is 0.0625. The predicted molar refractivity (Wildman–Crippen MR) is 84.9 cm³/mol. The highest BCUT2D eigenvalue weighted by molar-refractivity contribution is 8.23. The molecule has 4 heteroatoms. The molecule has 0 unspecified atom stereocenters. The molecule has 0 bridgehead atoms. The Morgan fingerprint density at radius 2 is 1.40 bits per heavy atom. The van der Waals surface area contributed by atoms with Crippen LogP contribution in [-0.4, -0.2) is 11.1 Å². The molecule has 0 fully saturated rings. The molecule has 0 aliphatic carbocycles. The molecule has 1 aliphatic rings. The summed E-state index contributed by atoms with van der Waals surface area (Å²) in [7, 11) is 0. The number of benzene rings is 2. The summed E-state index contributed by atoms with van der Waals surface area (Å²) in [6.45, 7) is 0. The molecule has 3 rings (SSSR count). The fourth-order valence-corrected chi connectivity index (χ4v) is 4.68. The van der Waals surface area contributed by atoms with Crippen molar-refractivity contribution < 1.29 is 9.90 Å². The molecule has 100 valence electrons. The van der Waals surface area contributed by atoms with E-state index in [1.165, 1.54) is 5.56 Å². The predicted octanol–water partition coefficient (Wildman–Crippen LogP) is 4.54. The summed E-state index contributed by atoms with van der Waals surface area (Å²) in [4.78, 5) is 11.0. The van der Waals surface area contributed by atoms with E-state index >= 15 is 0 Å². The molecule has 0 amide bonds. The van der Waals surface area contributed by atoms with Crippen LogP contribution in [0.15, 0.2) is 65.4 Å². The van der Waals surface area contributed by atoms with Gasteiger partial charge in [-0.1, -0.05) is 42.5 Å². The van der Waals surface area contributed by atoms with Gasteiger partial charge >= 0.3 is 5.97 Å². The van der Waals surface area contributed by atoms with Gasteiger partial charge in [0.2, 0.25) is 0 Å². The Bertz CT molecular complexity index is 640. The van der Waals surface area contributed by atoms with Crippen molar-refractivity contribution in [3.63, 3.8) is 0 Å². The van der Waals surface area contributed by atoms with Gasteiger partial charge in [0.15, 0.2) is 0 Å². The highest BCUT2D eigenvalue weighted by atomic mass is 32.2. The lowest BCUT2D eigenvalue weighted by Gasteiger charge is -2.28. The zero-order chi connectivity index (χ0) is 14.0. The van der Waals surface area contributed by atoms with Crippen LogP contribution in [0.2, 0.25) is 0 Å². The molecular weight excluding hydrogens is 288 g/mol. The van der Waals surface area contributed by atoms with Crippen molar-refractivity contribution in [2.24, 2.45) is 0 Å². The second-order valence-corrected chi connectivity index (χ2v) is 6.87. The molecule has 0 radical (unpaired) electrons. The maximum Gasteiger partial charge on any atom is 0.335 e.